The maximum Gasteiger partial charge on any atom is 0.318 e. The van der Waals surface area contributed by atoms with Crippen LogP contribution in [-0.2, 0) is 0 Å². The smallest absolute Gasteiger partial charge is 0.318 e. The lowest BCUT2D eigenvalue weighted by Crippen LogP contribution is -2.37. The normalized spacial score (nSPS) is 24.2. The summed E-state index contributed by atoms with van der Waals surface area (Å²) in [7, 11) is 0. The highest BCUT2D eigenvalue weighted by atomic mass is 16.4. The van der Waals surface area contributed by atoms with Crippen LogP contribution in [0, 0.1) is 0 Å². The van der Waals surface area contributed by atoms with Crippen LogP contribution in [0.25, 0.3) is 0 Å². The predicted octanol–water partition coefficient (Wildman–Crippen LogP) is 1.47. The van der Waals surface area contributed by atoms with E-state index in [1.807, 2.05) is 6.92 Å². The van der Waals surface area contributed by atoms with Crippen molar-refractivity contribution in [1.82, 2.24) is 10.2 Å². The lowest BCUT2D eigenvalue weighted by Gasteiger charge is -2.31. The molecule has 1 aromatic rings. The molecule has 1 saturated heterocycles. The third-order valence-electron chi connectivity index (χ3n) is 2.87. The number of piperidine rings is 1. The van der Waals surface area contributed by atoms with Crippen LogP contribution >= 0.6 is 0 Å². The molecule has 2 heterocycles. The van der Waals surface area contributed by atoms with Crippen molar-refractivity contribution in [3.05, 3.63) is 5.89 Å². The Hall–Kier alpha value is -1.10. The van der Waals surface area contributed by atoms with E-state index in [1.165, 1.54) is 19.3 Å². The molecule has 1 fully saturated rings. The summed E-state index contributed by atoms with van der Waals surface area (Å²) in [6, 6.07) is 0.918. The summed E-state index contributed by atoms with van der Waals surface area (Å²) in [4.78, 5) is 2.17. The molecule has 2 N–H and O–H groups in total. The molecule has 1 aromatic heterocycles. The Morgan fingerprint density at radius 1 is 1.47 bits per heavy atom. The van der Waals surface area contributed by atoms with Gasteiger partial charge in [0.15, 0.2) is 0 Å². The van der Waals surface area contributed by atoms with Crippen molar-refractivity contribution >= 4 is 6.01 Å². The molecule has 0 aromatic carbocycles. The molecule has 0 bridgehead atoms. The number of aromatic nitrogens is 2. The standard InChI is InChI=1S/C10H18N4O/c1-7-5-3-4-6-14(7)10-13-12-9(15-10)8(2)11/h7-8H,3-6,11H2,1-2H3. The molecule has 0 spiro atoms. The van der Waals surface area contributed by atoms with Gasteiger partial charge in [0.25, 0.3) is 0 Å². The van der Waals surface area contributed by atoms with Gasteiger partial charge in [0.1, 0.15) is 0 Å². The van der Waals surface area contributed by atoms with E-state index >= 15 is 0 Å². The van der Waals surface area contributed by atoms with Crippen LogP contribution in [0.15, 0.2) is 4.42 Å². The zero-order chi connectivity index (χ0) is 10.8. The largest absolute Gasteiger partial charge is 0.406 e. The summed E-state index contributed by atoms with van der Waals surface area (Å²) in [6.07, 6.45) is 3.67. The van der Waals surface area contributed by atoms with E-state index in [0.29, 0.717) is 17.9 Å². The quantitative estimate of drug-likeness (QED) is 0.800. The number of anilines is 1. The Morgan fingerprint density at radius 2 is 2.27 bits per heavy atom. The van der Waals surface area contributed by atoms with Crippen molar-refractivity contribution in [2.45, 2.75) is 45.2 Å². The Kier molecular flexibility index (Phi) is 2.90. The van der Waals surface area contributed by atoms with Crippen molar-refractivity contribution < 1.29 is 4.42 Å². The molecular formula is C10H18N4O. The van der Waals surface area contributed by atoms with Gasteiger partial charge in [0.2, 0.25) is 5.89 Å². The third-order valence-corrected chi connectivity index (χ3v) is 2.87. The molecule has 0 aliphatic carbocycles. The Bertz CT molecular complexity index is 323. The van der Waals surface area contributed by atoms with Crippen molar-refractivity contribution in [1.29, 1.82) is 0 Å². The number of hydrogen-bond donors (Lipinski definition) is 1. The van der Waals surface area contributed by atoms with Gasteiger partial charge < -0.3 is 15.1 Å². The predicted molar refractivity (Wildman–Crippen MR) is 57.6 cm³/mol. The lowest BCUT2D eigenvalue weighted by molar-refractivity contribution is 0.410. The van der Waals surface area contributed by atoms with Gasteiger partial charge in [-0.3, -0.25) is 0 Å². The monoisotopic (exact) mass is 210 g/mol. The second kappa shape index (κ2) is 4.18. The summed E-state index contributed by atoms with van der Waals surface area (Å²) in [5.41, 5.74) is 5.68. The molecular weight excluding hydrogens is 192 g/mol. The molecule has 1 aliphatic rings. The molecule has 5 nitrogen and oxygen atoms in total. The van der Waals surface area contributed by atoms with Crippen LogP contribution in [0.4, 0.5) is 6.01 Å². The van der Waals surface area contributed by atoms with Gasteiger partial charge in [-0.1, -0.05) is 5.10 Å². The molecule has 15 heavy (non-hydrogen) atoms. The summed E-state index contributed by atoms with van der Waals surface area (Å²) in [5.74, 6) is 0.516. The van der Waals surface area contributed by atoms with E-state index in [-0.39, 0.29) is 6.04 Å². The van der Waals surface area contributed by atoms with Crippen molar-refractivity contribution in [3.8, 4) is 0 Å². The fourth-order valence-corrected chi connectivity index (χ4v) is 1.91. The van der Waals surface area contributed by atoms with Gasteiger partial charge in [0, 0.05) is 12.6 Å². The average Bonchev–Trinajstić information content (AvgIpc) is 2.67. The van der Waals surface area contributed by atoms with E-state index < -0.39 is 0 Å². The molecule has 0 amide bonds. The highest BCUT2D eigenvalue weighted by Gasteiger charge is 2.23. The van der Waals surface area contributed by atoms with Crippen molar-refractivity contribution in [2.24, 2.45) is 5.73 Å². The van der Waals surface area contributed by atoms with Gasteiger partial charge in [-0.05, 0) is 33.1 Å². The van der Waals surface area contributed by atoms with Gasteiger partial charge in [-0.25, -0.2) is 0 Å². The minimum absolute atomic E-state index is 0.189. The SMILES string of the molecule is CC(N)c1nnc(N2CCCCC2C)o1. The van der Waals surface area contributed by atoms with Crippen LogP contribution < -0.4 is 10.6 Å². The Balaban J connectivity index is 2.13. The van der Waals surface area contributed by atoms with Gasteiger partial charge in [-0.15, -0.1) is 5.10 Å². The van der Waals surface area contributed by atoms with Crippen LogP contribution in [-0.4, -0.2) is 22.8 Å². The van der Waals surface area contributed by atoms with E-state index in [9.17, 15) is 0 Å². The summed E-state index contributed by atoms with van der Waals surface area (Å²) in [5, 5.41) is 7.98. The zero-order valence-corrected chi connectivity index (χ0v) is 9.31. The first-order valence-corrected chi connectivity index (χ1v) is 5.54. The van der Waals surface area contributed by atoms with Crippen molar-refractivity contribution in [3.63, 3.8) is 0 Å². The minimum atomic E-state index is -0.189. The van der Waals surface area contributed by atoms with Crippen LogP contribution in [0.3, 0.4) is 0 Å². The highest BCUT2D eigenvalue weighted by Crippen LogP contribution is 2.24. The molecule has 2 unspecified atom stereocenters. The van der Waals surface area contributed by atoms with E-state index in [1.54, 1.807) is 0 Å². The molecule has 0 radical (unpaired) electrons. The van der Waals surface area contributed by atoms with E-state index in [4.69, 9.17) is 10.2 Å². The molecule has 1 aliphatic heterocycles. The number of nitrogens with two attached hydrogens (primary N) is 1. The number of hydrogen-bond acceptors (Lipinski definition) is 5. The van der Waals surface area contributed by atoms with E-state index in [2.05, 4.69) is 22.0 Å². The first-order valence-electron chi connectivity index (χ1n) is 5.54. The number of rotatable bonds is 2. The maximum absolute atomic E-state index is 5.68. The fourth-order valence-electron chi connectivity index (χ4n) is 1.91. The topological polar surface area (TPSA) is 68.2 Å². The summed E-state index contributed by atoms with van der Waals surface area (Å²) >= 11 is 0. The second-order valence-corrected chi connectivity index (χ2v) is 4.25. The zero-order valence-electron chi connectivity index (χ0n) is 9.31. The lowest BCUT2D eigenvalue weighted by atomic mass is 10.0. The first kappa shape index (κ1) is 10.4. The first-order chi connectivity index (χ1) is 7.18. The van der Waals surface area contributed by atoms with Crippen molar-refractivity contribution in [2.75, 3.05) is 11.4 Å². The third kappa shape index (κ3) is 2.12. The summed E-state index contributed by atoms with van der Waals surface area (Å²) < 4.78 is 5.53. The second-order valence-electron chi connectivity index (χ2n) is 4.25. The maximum atomic E-state index is 5.68. The fraction of sp³-hybridized carbons (Fsp3) is 0.800. The number of nitrogens with zero attached hydrogens (tertiary/aromatic N) is 3. The Labute approximate surface area is 89.6 Å². The van der Waals surface area contributed by atoms with Crippen LogP contribution in [0.1, 0.15) is 45.0 Å². The average molecular weight is 210 g/mol. The Morgan fingerprint density at radius 3 is 2.87 bits per heavy atom. The summed E-state index contributed by atoms with van der Waals surface area (Å²) in [6.45, 7) is 5.04. The molecule has 2 rings (SSSR count). The molecule has 5 heteroatoms. The van der Waals surface area contributed by atoms with Gasteiger partial charge in [-0.2, -0.15) is 0 Å². The molecule has 0 saturated carbocycles. The molecule has 2 atom stereocenters. The van der Waals surface area contributed by atoms with Crippen LogP contribution in [0.2, 0.25) is 0 Å². The van der Waals surface area contributed by atoms with Crippen LogP contribution in [0.5, 0.6) is 0 Å². The van der Waals surface area contributed by atoms with Gasteiger partial charge in [0.05, 0.1) is 6.04 Å². The minimum Gasteiger partial charge on any atom is -0.406 e. The van der Waals surface area contributed by atoms with Gasteiger partial charge >= 0.3 is 6.01 Å². The highest BCUT2D eigenvalue weighted by molar-refractivity contribution is 5.27. The van der Waals surface area contributed by atoms with E-state index in [0.717, 1.165) is 6.54 Å². The molecule has 84 valence electrons.